The molecule has 0 bridgehead atoms. The summed E-state index contributed by atoms with van der Waals surface area (Å²) in [5, 5.41) is 8.89. The van der Waals surface area contributed by atoms with Crippen LogP contribution in [0.25, 0.3) is 0 Å². The highest BCUT2D eigenvalue weighted by Gasteiger charge is 2.30. The van der Waals surface area contributed by atoms with Crippen LogP contribution in [0, 0.1) is 17.8 Å². The predicted molar refractivity (Wildman–Crippen MR) is 78.6 cm³/mol. The molecule has 6 heteroatoms. The minimum atomic E-state index is -0.896. The van der Waals surface area contributed by atoms with Crippen LogP contribution >= 0.6 is 0 Å². The molecule has 0 aromatic carbocycles. The number of piperidine rings is 1. The van der Waals surface area contributed by atoms with Gasteiger partial charge in [-0.25, -0.2) is 0 Å². The lowest BCUT2D eigenvalue weighted by molar-refractivity contribution is -0.145. The quantitative estimate of drug-likeness (QED) is 0.823. The topological polar surface area (TPSA) is 77.9 Å². The molecule has 120 valence electrons. The number of nitrogens with zero attached hydrogens (tertiary/aromatic N) is 2. The summed E-state index contributed by atoms with van der Waals surface area (Å²) < 4.78 is 0. The first-order chi connectivity index (χ1) is 9.73. The van der Waals surface area contributed by atoms with Gasteiger partial charge in [0.2, 0.25) is 11.8 Å². The summed E-state index contributed by atoms with van der Waals surface area (Å²) in [5.74, 6) is -1.47. The number of likely N-dealkylation sites (tertiary alicyclic amines) is 1. The Hall–Kier alpha value is -1.59. The average Bonchev–Trinajstić information content (AvgIpc) is 2.45. The van der Waals surface area contributed by atoms with Gasteiger partial charge in [0.25, 0.3) is 0 Å². The van der Waals surface area contributed by atoms with Gasteiger partial charge in [-0.1, -0.05) is 20.8 Å². The summed E-state index contributed by atoms with van der Waals surface area (Å²) in [7, 11) is 1.65. The molecule has 0 aliphatic carbocycles. The van der Waals surface area contributed by atoms with Crippen LogP contribution in [0.4, 0.5) is 0 Å². The second kappa shape index (κ2) is 7.43. The van der Waals surface area contributed by atoms with E-state index in [0.717, 1.165) is 0 Å². The van der Waals surface area contributed by atoms with Crippen molar-refractivity contribution in [3.8, 4) is 0 Å². The Morgan fingerprint density at radius 3 is 2.14 bits per heavy atom. The van der Waals surface area contributed by atoms with Gasteiger partial charge >= 0.3 is 5.97 Å². The first-order valence-corrected chi connectivity index (χ1v) is 7.50. The summed E-state index contributed by atoms with van der Waals surface area (Å²) in [5.41, 5.74) is 0. The van der Waals surface area contributed by atoms with E-state index in [1.54, 1.807) is 14.0 Å². The standard InChI is InChI=1S/C15H26N2O4/c1-10(2)13(18)17-7-5-12(6-8-17)14(19)16(4)9-11(3)15(20)21/h10-12H,5-9H2,1-4H3,(H,20,21). The van der Waals surface area contributed by atoms with Crippen LogP contribution in [0.15, 0.2) is 0 Å². The molecule has 1 fully saturated rings. The Balaban J connectivity index is 2.48. The summed E-state index contributed by atoms with van der Waals surface area (Å²) in [6.45, 7) is 6.78. The molecule has 1 atom stereocenters. The van der Waals surface area contributed by atoms with Crippen molar-refractivity contribution in [1.29, 1.82) is 0 Å². The zero-order valence-corrected chi connectivity index (χ0v) is 13.3. The molecule has 0 aromatic heterocycles. The number of carbonyl (C=O) groups is 3. The Morgan fingerprint density at radius 2 is 1.71 bits per heavy atom. The van der Waals surface area contributed by atoms with Crippen molar-refractivity contribution < 1.29 is 19.5 Å². The van der Waals surface area contributed by atoms with Crippen LogP contribution < -0.4 is 0 Å². The third-order valence-corrected chi connectivity index (χ3v) is 4.00. The monoisotopic (exact) mass is 298 g/mol. The molecular weight excluding hydrogens is 272 g/mol. The largest absolute Gasteiger partial charge is 0.481 e. The highest BCUT2D eigenvalue weighted by molar-refractivity contribution is 5.81. The van der Waals surface area contributed by atoms with Gasteiger partial charge in [0.15, 0.2) is 0 Å². The molecule has 0 saturated carbocycles. The molecule has 21 heavy (non-hydrogen) atoms. The molecule has 0 spiro atoms. The number of carboxylic acid groups (broad SMARTS) is 1. The van der Waals surface area contributed by atoms with Gasteiger partial charge in [-0.2, -0.15) is 0 Å². The minimum absolute atomic E-state index is 0.0141. The number of hydrogen-bond acceptors (Lipinski definition) is 3. The van der Waals surface area contributed by atoms with Crippen molar-refractivity contribution in [3.05, 3.63) is 0 Å². The number of amides is 2. The maximum absolute atomic E-state index is 12.3. The van der Waals surface area contributed by atoms with E-state index in [-0.39, 0.29) is 30.2 Å². The van der Waals surface area contributed by atoms with Crippen molar-refractivity contribution in [3.63, 3.8) is 0 Å². The number of aliphatic carboxylic acids is 1. The van der Waals surface area contributed by atoms with Crippen molar-refractivity contribution in [2.75, 3.05) is 26.7 Å². The first kappa shape index (κ1) is 17.5. The smallest absolute Gasteiger partial charge is 0.308 e. The van der Waals surface area contributed by atoms with Crippen LogP contribution in [0.1, 0.15) is 33.6 Å². The summed E-state index contributed by atoms with van der Waals surface area (Å²) >= 11 is 0. The van der Waals surface area contributed by atoms with E-state index in [1.807, 2.05) is 18.7 Å². The molecule has 1 aliphatic heterocycles. The van der Waals surface area contributed by atoms with E-state index in [9.17, 15) is 14.4 Å². The highest BCUT2D eigenvalue weighted by Crippen LogP contribution is 2.21. The summed E-state index contributed by atoms with van der Waals surface area (Å²) in [6, 6.07) is 0. The fourth-order valence-corrected chi connectivity index (χ4v) is 2.60. The van der Waals surface area contributed by atoms with Gasteiger partial charge in [0.05, 0.1) is 5.92 Å². The number of carboxylic acids is 1. The van der Waals surface area contributed by atoms with Gasteiger partial charge in [-0.3, -0.25) is 14.4 Å². The lowest BCUT2D eigenvalue weighted by Crippen LogP contribution is -2.45. The van der Waals surface area contributed by atoms with Gasteiger partial charge in [0.1, 0.15) is 0 Å². The molecule has 1 rings (SSSR count). The predicted octanol–water partition coefficient (Wildman–Crippen LogP) is 1.06. The zero-order valence-electron chi connectivity index (χ0n) is 13.3. The maximum atomic E-state index is 12.3. The molecule has 0 radical (unpaired) electrons. The van der Waals surface area contributed by atoms with Gasteiger partial charge in [-0.15, -0.1) is 0 Å². The molecule has 1 N–H and O–H groups in total. The lowest BCUT2D eigenvalue weighted by atomic mass is 9.94. The maximum Gasteiger partial charge on any atom is 0.308 e. The Labute approximate surface area is 126 Å². The molecule has 1 saturated heterocycles. The van der Waals surface area contributed by atoms with Crippen molar-refractivity contribution in [2.45, 2.75) is 33.6 Å². The Kier molecular flexibility index (Phi) is 6.18. The van der Waals surface area contributed by atoms with Gasteiger partial charge in [0, 0.05) is 38.5 Å². The second-order valence-electron chi connectivity index (χ2n) is 6.21. The fraction of sp³-hybridized carbons (Fsp3) is 0.800. The van der Waals surface area contributed by atoms with E-state index >= 15 is 0 Å². The van der Waals surface area contributed by atoms with Crippen LogP contribution in [-0.4, -0.2) is 59.4 Å². The molecule has 1 aliphatic rings. The third kappa shape index (κ3) is 4.72. The lowest BCUT2D eigenvalue weighted by Gasteiger charge is -2.34. The fourth-order valence-electron chi connectivity index (χ4n) is 2.60. The zero-order chi connectivity index (χ0) is 16.2. The van der Waals surface area contributed by atoms with Gasteiger partial charge in [-0.05, 0) is 12.8 Å². The van der Waals surface area contributed by atoms with Crippen LogP contribution in [0.3, 0.4) is 0 Å². The third-order valence-electron chi connectivity index (χ3n) is 4.00. The van der Waals surface area contributed by atoms with Crippen molar-refractivity contribution in [1.82, 2.24) is 9.80 Å². The van der Waals surface area contributed by atoms with Crippen LogP contribution in [0.2, 0.25) is 0 Å². The highest BCUT2D eigenvalue weighted by atomic mass is 16.4. The van der Waals surface area contributed by atoms with E-state index in [2.05, 4.69) is 0 Å². The van der Waals surface area contributed by atoms with Gasteiger partial charge < -0.3 is 14.9 Å². The molecule has 6 nitrogen and oxygen atoms in total. The summed E-state index contributed by atoms with van der Waals surface area (Å²) in [6.07, 6.45) is 1.31. The number of hydrogen-bond donors (Lipinski definition) is 1. The molecule has 1 unspecified atom stereocenters. The minimum Gasteiger partial charge on any atom is -0.481 e. The number of rotatable bonds is 5. The SMILES string of the molecule is CC(C)C(=O)N1CCC(C(=O)N(C)CC(C)C(=O)O)CC1. The van der Waals surface area contributed by atoms with Crippen LogP contribution in [-0.2, 0) is 14.4 Å². The van der Waals surface area contributed by atoms with Crippen LogP contribution in [0.5, 0.6) is 0 Å². The second-order valence-corrected chi connectivity index (χ2v) is 6.21. The Bertz CT molecular complexity index is 400. The van der Waals surface area contributed by atoms with E-state index in [4.69, 9.17) is 5.11 Å². The Morgan fingerprint density at radius 1 is 1.19 bits per heavy atom. The molecule has 2 amide bonds. The number of carbonyl (C=O) groups excluding carboxylic acids is 2. The normalized spacial score (nSPS) is 17.7. The molecule has 0 aromatic rings. The van der Waals surface area contributed by atoms with Crippen molar-refractivity contribution in [2.24, 2.45) is 17.8 Å². The molecular formula is C15H26N2O4. The van der Waals surface area contributed by atoms with E-state index < -0.39 is 11.9 Å². The van der Waals surface area contributed by atoms with Crippen molar-refractivity contribution >= 4 is 17.8 Å². The summed E-state index contributed by atoms with van der Waals surface area (Å²) in [4.78, 5) is 38.3. The van der Waals surface area contributed by atoms with E-state index in [1.165, 1.54) is 4.90 Å². The van der Waals surface area contributed by atoms with E-state index in [0.29, 0.717) is 25.9 Å². The first-order valence-electron chi connectivity index (χ1n) is 7.50. The molecule has 1 heterocycles. The average molecular weight is 298 g/mol.